The fourth-order valence-corrected chi connectivity index (χ4v) is 1.77. The summed E-state index contributed by atoms with van der Waals surface area (Å²) < 4.78 is 18.1. The van der Waals surface area contributed by atoms with Crippen LogP contribution in [0.1, 0.15) is 22.9 Å². The molecule has 4 nitrogen and oxygen atoms in total. The highest BCUT2D eigenvalue weighted by Gasteiger charge is 2.09. The van der Waals surface area contributed by atoms with Crippen LogP contribution in [-0.2, 0) is 17.8 Å². The molecular weight excluding hydrogens is 247 g/mol. The summed E-state index contributed by atoms with van der Waals surface area (Å²) in [6.07, 6.45) is 0.215. The predicted octanol–water partition coefficient (Wildman–Crippen LogP) is 2.29. The molecule has 1 aromatic heterocycles. The number of benzene rings is 1. The minimum absolute atomic E-state index is 0.139. The Balaban J connectivity index is 1.88. The van der Waals surface area contributed by atoms with Crippen LogP contribution in [0.5, 0.6) is 0 Å². The first-order chi connectivity index (χ1) is 9.04. The summed E-state index contributed by atoms with van der Waals surface area (Å²) in [5.74, 6) is 0.794. The predicted molar refractivity (Wildman–Crippen MR) is 67.9 cm³/mol. The summed E-state index contributed by atoms with van der Waals surface area (Å²) in [6.45, 7) is 3.90. The van der Waals surface area contributed by atoms with E-state index in [1.807, 2.05) is 6.92 Å². The minimum Gasteiger partial charge on any atom is -0.444 e. The SMILES string of the molecule is Cc1nc(C)c(CNC(=O)Cc2ccc(F)cc2)o1. The first-order valence-corrected chi connectivity index (χ1v) is 5.98. The van der Waals surface area contributed by atoms with Gasteiger partial charge in [-0.25, -0.2) is 9.37 Å². The maximum Gasteiger partial charge on any atom is 0.224 e. The number of nitrogens with one attached hydrogen (secondary N) is 1. The van der Waals surface area contributed by atoms with Gasteiger partial charge < -0.3 is 9.73 Å². The Labute approximate surface area is 110 Å². The van der Waals surface area contributed by atoms with Gasteiger partial charge in [0.25, 0.3) is 0 Å². The Morgan fingerprint density at radius 1 is 1.32 bits per heavy atom. The van der Waals surface area contributed by atoms with Crippen LogP contribution in [0.2, 0.25) is 0 Å². The highest BCUT2D eigenvalue weighted by molar-refractivity contribution is 5.78. The van der Waals surface area contributed by atoms with E-state index >= 15 is 0 Å². The van der Waals surface area contributed by atoms with Crippen LogP contribution in [-0.4, -0.2) is 10.9 Å². The van der Waals surface area contributed by atoms with Crippen molar-refractivity contribution in [3.05, 3.63) is 53.0 Å². The summed E-state index contributed by atoms with van der Waals surface area (Å²) in [5, 5.41) is 2.75. The maximum atomic E-state index is 12.7. The second-order valence-corrected chi connectivity index (χ2v) is 4.32. The Morgan fingerprint density at radius 3 is 2.58 bits per heavy atom. The monoisotopic (exact) mass is 262 g/mol. The summed E-state index contributed by atoms with van der Waals surface area (Å²) in [5.41, 5.74) is 1.55. The number of oxazole rings is 1. The standard InChI is InChI=1S/C14H15FN2O2/c1-9-13(19-10(2)17-9)8-16-14(18)7-11-3-5-12(15)6-4-11/h3-6H,7-8H2,1-2H3,(H,16,18). The average Bonchev–Trinajstić information content (AvgIpc) is 2.68. The number of aromatic nitrogens is 1. The summed E-state index contributed by atoms with van der Waals surface area (Å²) in [7, 11) is 0. The van der Waals surface area contributed by atoms with Crippen molar-refractivity contribution in [3.8, 4) is 0 Å². The molecule has 19 heavy (non-hydrogen) atoms. The van der Waals surface area contributed by atoms with Gasteiger partial charge in [0.2, 0.25) is 5.91 Å². The van der Waals surface area contributed by atoms with E-state index < -0.39 is 0 Å². The Hall–Kier alpha value is -2.17. The van der Waals surface area contributed by atoms with E-state index in [-0.39, 0.29) is 18.1 Å². The van der Waals surface area contributed by atoms with Gasteiger partial charge in [-0.2, -0.15) is 0 Å². The van der Waals surface area contributed by atoms with E-state index in [4.69, 9.17) is 4.42 Å². The molecule has 0 aliphatic heterocycles. The molecule has 2 rings (SSSR count). The van der Waals surface area contributed by atoms with Crippen LogP contribution in [0.4, 0.5) is 4.39 Å². The summed E-state index contributed by atoms with van der Waals surface area (Å²) in [6, 6.07) is 5.87. The van der Waals surface area contributed by atoms with E-state index in [2.05, 4.69) is 10.3 Å². The summed E-state index contributed by atoms with van der Waals surface area (Å²) >= 11 is 0. The third-order valence-corrected chi connectivity index (χ3v) is 2.72. The second-order valence-electron chi connectivity index (χ2n) is 4.32. The molecule has 1 N–H and O–H groups in total. The number of aryl methyl sites for hydroxylation is 2. The molecule has 0 aliphatic carbocycles. The van der Waals surface area contributed by atoms with Crippen molar-refractivity contribution in [3.63, 3.8) is 0 Å². The van der Waals surface area contributed by atoms with Crippen LogP contribution in [0.15, 0.2) is 28.7 Å². The lowest BCUT2D eigenvalue weighted by Gasteiger charge is -2.04. The largest absolute Gasteiger partial charge is 0.444 e. The lowest BCUT2D eigenvalue weighted by molar-refractivity contribution is -0.120. The van der Waals surface area contributed by atoms with Gasteiger partial charge in [-0.15, -0.1) is 0 Å². The molecule has 5 heteroatoms. The number of hydrogen-bond donors (Lipinski definition) is 1. The lowest BCUT2D eigenvalue weighted by Crippen LogP contribution is -2.24. The Bertz CT molecular complexity index is 576. The Kier molecular flexibility index (Phi) is 3.94. The third kappa shape index (κ3) is 3.64. The normalized spacial score (nSPS) is 10.5. The van der Waals surface area contributed by atoms with Crippen LogP contribution in [0, 0.1) is 19.7 Å². The van der Waals surface area contributed by atoms with Crippen molar-refractivity contribution >= 4 is 5.91 Å². The number of carbonyl (C=O) groups is 1. The number of hydrogen-bond acceptors (Lipinski definition) is 3. The van der Waals surface area contributed by atoms with Gasteiger partial charge in [-0.05, 0) is 24.6 Å². The van der Waals surface area contributed by atoms with E-state index in [0.29, 0.717) is 18.2 Å². The second kappa shape index (κ2) is 5.65. The molecule has 0 radical (unpaired) electrons. The molecular formula is C14H15FN2O2. The number of halogens is 1. The molecule has 0 saturated heterocycles. The number of carbonyl (C=O) groups excluding carboxylic acids is 1. The molecule has 1 aromatic carbocycles. The topological polar surface area (TPSA) is 55.1 Å². The maximum absolute atomic E-state index is 12.7. The number of amides is 1. The third-order valence-electron chi connectivity index (χ3n) is 2.72. The van der Waals surface area contributed by atoms with Crippen LogP contribution >= 0.6 is 0 Å². The van der Waals surface area contributed by atoms with Gasteiger partial charge in [0.05, 0.1) is 18.7 Å². The van der Waals surface area contributed by atoms with Crippen molar-refractivity contribution in [2.75, 3.05) is 0 Å². The molecule has 100 valence electrons. The molecule has 0 spiro atoms. The van der Waals surface area contributed by atoms with Crippen molar-refractivity contribution < 1.29 is 13.6 Å². The van der Waals surface area contributed by atoms with Crippen LogP contribution < -0.4 is 5.32 Å². The molecule has 1 amide bonds. The van der Waals surface area contributed by atoms with Crippen LogP contribution in [0.3, 0.4) is 0 Å². The van der Waals surface area contributed by atoms with Gasteiger partial charge in [0, 0.05) is 6.92 Å². The zero-order valence-corrected chi connectivity index (χ0v) is 10.9. The molecule has 0 saturated carbocycles. The fraction of sp³-hybridized carbons (Fsp3) is 0.286. The molecule has 0 fully saturated rings. The average molecular weight is 262 g/mol. The highest BCUT2D eigenvalue weighted by atomic mass is 19.1. The van der Waals surface area contributed by atoms with Crippen molar-refractivity contribution in [2.45, 2.75) is 26.8 Å². The van der Waals surface area contributed by atoms with E-state index in [0.717, 1.165) is 11.3 Å². The highest BCUT2D eigenvalue weighted by Crippen LogP contribution is 2.09. The fourth-order valence-electron chi connectivity index (χ4n) is 1.77. The van der Waals surface area contributed by atoms with Gasteiger partial charge in [-0.3, -0.25) is 4.79 Å². The zero-order valence-electron chi connectivity index (χ0n) is 10.9. The smallest absolute Gasteiger partial charge is 0.224 e. The van der Waals surface area contributed by atoms with Gasteiger partial charge >= 0.3 is 0 Å². The molecule has 2 aromatic rings. The first-order valence-electron chi connectivity index (χ1n) is 5.98. The van der Waals surface area contributed by atoms with Crippen LogP contribution in [0.25, 0.3) is 0 Å². The Morgan fingerprint density at radius 2 is 2.00 bits per heavy atom. The number of rotatable bonds is 4. The molecule has 0 unspecified atom stereocenters. The van der Waals surface area contributed by atoms with Gasteiger partial charge in [0.15, 0.2) is 5.89 Å². The number of nitrogens with zero attached hydrogens (tertiary/aromatic N) is 1. The lowest BCUT2D eigenvalue weighted by atomic mass is 10.1. The van der Waals surface area contributed by atoms with Gasteiger partial charge in [-0.1, -0.05) is 12.1 Å². The van der Waals surface area contributed by atoms with E-state index in [1.54, 1.807) is 19.1 Å². The zero-order chi connectivity index (χ0) is 13.8. The van der Waals surface area contributed by atoms with E-state index in [9.17, 15) is 9.18 Å². The minimum atomic E-state index is -0.308. The van der Waals surface area contributed by atoms with Gasteiger partial charge in [0.1, 0.15) is 11.6 Å². The summed E-state index contributed by atoms with van der Waals surface area (Å²) in [4.78, 5) is 15.8. The quantitative estimate of drug-likeness (QED) is 0.919. The van der Waals surface area contributed by atoms with Crippen molar-refractivity contribution in [1.29, 1.82) is 0 Å². The van der Waals surface area contributed by atoms with Crippen molar-refractivity contribution in [2.24, 2.45) is 0 Å². The molecule has 0 aliphatic rings. The molecule has 0 bridgehead atoms. The molecule has 1 heterocycles. The van der Waals surface area contributed by atoms with Crippen molar-refractivity contribution in [1.82, 2.24) is 10.3 Å². The first kappa shape index (κ1) is 13.3. The van der Waals surface area contributed by atoms with E-state index in [1.165, 1.54) is 12.1 Å². The molecule has 0 atom stereocenters.